The Kier molecular flexibility index (Phi) is 5.15. The number of benzene rings is 1. The fourth-order valence-corrected chi connectivity index (χ4v) is 2.67. The number of carbonyl (C=O) groups is 1. The molecule has 1 amide bonds. The van der Waals surface area contributed by atoms with E-state index < -0.39 is 0 Å². The lowest BCUT2D eigenvalue weighted by Crippen LogP contribution is -2.28. The van der Waals surface area contributed by atoms with E-state index in [1.54, 1.807) is 18.6 Å². The molecule has 1 aromatic carbocycles. The van der Waals surface area contributed by atoms with Crippen LogP contribution >= 0.6 is 11.3 Å². The van der Waals surface area contributed by atoms with Crippen molar-refractivity contribution in [2.24, 2.45) is 0 Å². The summed E-state index contributed by atoms with van der Waals surface area (Å²) in [5, 5.41) is 13.9. The van der Waals surface area contributed by atoms with Crippen LogP contribution < -0.4 is 10.1 Å². The molecule has 1 aromatic heterocycles. The van der Waals surface area contributed by atoms with Gasteiger partial charge in [0.25, 0.3) is 5.91 Å². The molecular formula is C15H17NO3S. The molecule has 2 N–H and O–H groups in total. The first-order valence-corrected chi connectivity index (χ1v) is 7.21. The number of ether oxygens (including phenoxy) is 1. The van der Waals surface area contributed by atoms with Gasteiger partial charge in [-0.2, -0.15) is 0 Å². The lowest BCUT2D eigenvalue weighted by Gasteiger charge is -2.17. The molecule has 2 aromatic rings. The predicted octanol–water partition coefficient (Wildman–Crippen LogP) is 2.61. The van der Waals surface area contributed by atoms with Gasteiger partial charge in [-0.1, -0.05) is 30.3 Å². The summed E-state index contributed by atoms with van der Waals surface area (Å²) in [7, 11) is 1.57. The van der Waals surface area contributed by atoms with E-state index in [0.717, 1.165) is 5.56 Å². The van der Waals surface area contributed by atoms with Gasteiger partial charge in [0.05, 0.1) is 18.0 Å². The van der Waals surface area contributed by atoms with Gasteiger partial charge in [0, 0.05) is 18.1 Å². The van der Waals surface area contributed by atoms with Crippen LogP contribution in [-0.2, 0) is 0 Å². The van der Waals surface area contributed by atoms with Gasteiger partial charge in [0.1, 0.15) is 5.75 Å². The molecule has 1 atom stereocenters. The van der Waals surface area contributed by atoms with Crippen LogP contribution in [0.25, 0.3) is 0 Å². The highest BCUT2D eigenvalue weighted by Crippen LogP contribution is 2.23. The van der Waals surface area contributed by atoms with Gasteiger partial charge in [0.15, 0.2) is 0 Å². The van der Waals surface area contributed by atoms with E-state index in [0.29, 0.717) is 17.0 Å². The molecule has 0 spiro atoms. The van der Waals surface area contributed by atoms with Crippen molar-refractivity contribution in [3.63, 3.8) is 0 Å². The molecule has 0 radical (unpaired) electrons. The zero-order valence-electron chi connectivity index (χ0n) is 11.2. The molecule has 0 saturated heterocycles. The van der Waals surface area contributed by atoms with E-state index in [1.807, 2.05) is 30.3 Å². The van der Waals surface area contributed by atoms with Crippen molar-refractivity contribution < 1.29 is 14.6 Å². The van der Waals surface area contributed by atoms with Crippen molar-refractivity contribution in [2.45, 2.75) is 12.5 Å². The first-order valence-electron chi connectivity index (χ1n) is 6.33. The maximum Gasteiger partial charge on any atom is 0.261 e. The number of amides is 1. The smallest absolute Gasteiger partial charge is 0.261 e. The van der Waals surface area contributed by atoms with E-state index in [2.05, 4.69) is 5.32 Å². The van der Waals surface area contributed by atoms with Crippen LogP contribution in [0.3, 0.4) is 0 Å². The van der Waals surface area contributed by atoms with E-state index in [4.69, 9.17) is 9.84 Å². The zero-order chi connectivity index (χ0) is 14.4. The minimum Gasteiger partial charge on any atom is -0.496 e. The molecule has 0 saturated carbocycles. The van der Waals surface area contributed by atoms with E-state index in [9.17, 15) is 4.79 Å². The van der Waals surface area contributed by atoms with Crippen molar-refractivity contribution in [3.8, 4) is 5.75 Å². The number of methoxy groups -OCH3 is 1. The second-order valence-electron chi connectivity index (χ2n) is 4.30. The van der Waals surface area contributed by atoms with Crippen LogP contribution in [0.5, 0.6) is 5.75 Å². The summed E-state index contributed by atoms with van der Waals surface area (Å²) in [5.74, 6) is 0.527. The second-order valence-corrected chi connectivity index (χ2v) is 5.21. The minimum atomic E-state index is -0.193. The highest BCUT2D eigenvalue weighted by atomic mass is 32.1. The summed E-state index contributed by atoms with van der Waals surface area (Å²) in [6.45, 7) is 0.0214. The Morgan fingerprint density at radius 3 is 2.75 bits per heavy atom. The van der Waals surface area contributed by atoms with Crippen molar-refractivity contribution in [2.75, 3.05) is 13.7 Å². The third kappa shape index (κ3) is 3.59. The van der Waals surface area contributed by atoms with Crippen LogP contribution in [0.15, 0.2) is 41.8 Å². The number of rotatable bonds is 6. The van der Waals surface area contributed by atoms with Gasteiger partial charge in [-0.25, -0.2) is 0 Å². The number of hydrogen-bond donors (Lipinski definition) is 2. The average Bonchev–Trinajstić information content (AvgIpc) is 2.97. The van der Waals surface area contributed by atoms with Crippen LogP contribution in [0.4, 0.5) is 0 Å². The van der Waals surface area contributed by atoms with Crippen molar-refractivity contribution in [1.82, 2.24) is 5.32 Å². The summed E-state index contributed by atoms with van der Waals surface area (Å²) >= 11 is 1.34. The number of carbonyl (C=O) groups excluding carboxylic acids is 1. The van der Waals surface area contributed by atoms with E-state index in [-0.39, 0.29) is 18.6 Å². The highest BCUT2D eigenvalue weighted by molar-refractivity contribution is 7.12. The van der Waals surface area contributed by atoms with E-state index >= 15 is 0 Å². The summed E-state index contributed by atoms with van der Waals surface area (Å²) in [6, 6.07) is 11.2. The third-order valence-corrected chi connectivity index (χ3v) is 3.87. The molecule has 106 valence electrons. The molecule has 1 heterocycles. The molecule has 20 heavy (non-hydrogen) atoms. The Labute approximate surface area is 122 Å². The fourth-order valence-electron chi connectivity index (χ4n) is 1.91. The normalized spacial score (nSPS) is 11.9. The quantitative estimate of drug-likeness (QED) is 0.860. The first-order chi connectivity index (χ1) is 9.74. The lowest BCUT2D eigenvalue weighted by atomic mass is 10.0. The van der Waals surface area contributed by atoms with Gasteiger partial charge in [-0.3, -0.25) is 4.79 Å². The zero-order valence-corrected chi connectivity index (χ0v) is 12.0. The van der Waals surface area contributed by atoms with Crippen LogP contribution in [0, 0.1) is 0 Å². The SMILES string of the molecule is COc1csc(C(=O)NC(CCO)c2ccccc2)c1. The Morgan fingerprint density at radius 1 is 1.40 bits per heavy atom. The van der Waals surface area contributed by atoms with Gasteiger partial charge in [-0.05, 0) is 12.0 Å². The van der Waals surface area contributed by atoms with Crippen LogP contribution in [-0.4, -0.2) is 24.7 Å². The van der Waals surface area contributed by atoms with E-state index in [1.165, 1.54) is 11.3 Å². The van der Waals surface area contributed by atoms with Crippen LogP contribution in [0.1, 0.15) is 27.7 Å². The number of hydrogen-bond acceptors (Lipinski definition) is 4. The molecule has 0 fully saturated rings. The molecule has 0 aliphatic carbocycles. The van der Waals surface area contributed by atoms with Gasteiger partial charge < -0.3 is 15.2 Å². The van der Waals surface area contributed by atoms with Crippen LogP contribution in [0.2, 0.25) is 0 Å². The molecule has 4 nitrogen and oxygen atoms in total. The predicted molar refractivity (Wildman–Crippen MR) is 79.2 cm³/mol. The maximum absolute atomic E-state index is 12.2. The third-order valence-electron chi connectivity index (χ3n) is 2.96. The molecule has 0 aliphatic heterocycles. The topological polar surface area (TPSA) is 58.6 Å². The largest absolute Gasteiger partial charge is 0.496 e. The van der Waals surface area contributed by atoms with Crippen molar-refractivity contribution >= 4 is 17.2 Å². The molecule has 5 heteroatoms. The second kappa shape index (κ2) is 7.07. The molecular weight excluding hydrogens is 274 g/mol. The minimum absolute atomic E-state index is 0.0214. The fraction of sp³-hybridized carbons (Fsp3) is 0.267. The molecule has 2 rings (SSSR count). The number of aliphatic hydroxyl groups is 1. The van der Waals surface area contributed by atoms with Crippen molar-refractivity contribution in [1.29, 1.82) is 0 Å². The first kappa shape index (κ1) is 14.6. The Bertz CT molecular complexity index is 553. The number of thiophene rings is 1. The number of nitrogens with one attached hydrogen (secondary N) is 1. The standard InChI is InChI=1S/C15H17NO3S/c1-19-12-9-14(20-10-12)15(18)16-13(7-8-17)11-5-3-2-4-6-11/h2-6,9-10,13,17H,7-8H2,1H3,(H,16,18). The summed E-state index contributed by atoms with van der Waals surface area (Å²) < 4.78 is 5.07. The van der Waals surface area contributed by atoms with Crippen molar-refractivity contribution in [3.05, 3.63) is 52.2 Å². The lowest BCUT2D eigenvalue weighted by molar-refractivity contribution is 0.0934. The Balaban J connectivity index is 2.10. The summed E-state index contributed by atoms with van der Waals surface area (Å²) in [6.07, 6.45) is 0.484. The number of aliphatic hydroxyl groups excluding tert-OH is 1. The maximum atomic E-state index is 12.2. The molecule has 1 unspecified atom stereocenters. The highest BCUT2D eigenvalue weighted by Gasteiger charge is 2.16. The summed E-state index contributed by atoms with van der Waals surface area (Å²) in [5.41, 5.74) is 0.985. The summed E-state index contributed by atoms with van der Waals surface area (Å²) in [4.78, 5) is 12.8. The molecule has 0 bridgehead atoms. The Morgan fingerprint density at radius 2 is 2.15 bits per heavy atom. The average molecular weight is 291 g/mol. The Hall–Kier alpha value is -1.85. The van der Waals surface area contributed by atoms with Gasteiger partial charge in [-0.15, -0.1) is 11.3 Å². The van der Waals surface area contributed by atoms with Gasteiger partial charge >= 0.3 is 0 Å². The molecule has 0 aliphatic rings. The monoisotopic (exact) mass is 291 g/mol. The van der Waals surface area contributed by atoms with Gasteiger partial charge in [0.2, 0.25) is 0 Å².